The molecular weight excluding hydrogens is 178 g/mol. The minimum absolute atomic E-state index is 0.621. The van der Waals surface area contributed by atoms with Gasteiger partial charge in [-0.3, -0.25) is 4.98 Å². The smallest absolute Gasteiger partial charge is 0.234 e. The van der Waals surface area contributed by atoms with Crippen LogP contribution in [0.5, 0.6) is 5.88 Å². The molecule has 0 radical (unpaired) electrons. The molecular formula is C10H15N3O. The van der Waals surface area contributed by atoms with Crippen LogP contribution < -0.4 is 10.1 Å². The van der Waals surface area contributed by atoms with Gasteiger partial charge in [-0.25, -0.2) is 0 Å². The Morgan fingerprint density at radius 1 is 1.50 bits per heavy atom. The highest BCUT2D eigenvalue weighted by Gasteiger charge is 2.22. The van der Waals surface area contributed by atoms with Crippen molar-refractivity contribution in [2.24, 2.45) is 5.92 Å². The Bertz CT molecular complexity index is 299. The van der Waals surface area contributed by atoms with Crippen molar-refractivity contribution in [3.8, 4) is 5.88 Å². The first-order chi connectivity index (χ1) is 6.88. The maximum atomic E-state index is 5.50. The lowest BCUT2D eigenvalue weighted by Gasteiger charge is -2.05. The second kappa shape index (κ2) is 4.26. The molecule has 2 rings (SSSR count). The van der Waals surface area contributed by atoms with Gasteiger partial charge in [0.2, 0.25) is 5.88 Å². The van der Waals surface area contributed by atoms with Crippen molar-refractivity contribution >= 4 is 5.82 Å². The van der Waals surface area contributed by atoms with Crippen LogP contribution in [-0.2, 0) is 0 Å². The second-order valence-electron chi connectivity index (χ2n) is 3.53. The number of aromatic nitrogens is 2. The Labute approximate surface area is 83.7 Å². The zero-order valence-corrected chi connectivity index (χ0v) is 8.36. The summed E-state index contributed by atoms with van der Waals surface area (Å²) in [5.41, 5.74) is 0. The highest BCUT2D eigenvalue weighted by molar-refractivity contribution is 5.32. The maximum absolute atomic E-state index is 5.50. The zero-order chi connectivity index (χ0) is 9.80. The van der Waals surface area contributed by atoms with Gasteiger partial charge in [0, 0.05) is 6.54 Å². The van der Waals surface area contributed by atoms with E-state index in [1.807, 2.05) is 6.92 Å². The highest BCUT2D eigenvalue weighted by Crippen LogP contribution is 2.29. The summed E-state index contributed by atoms with van der Waals surface area (Å²) in [5, 5.41) is 3.10. The van der Waals surface area contributed by atoms with E-state index >= 15 is 0 Å². The molecule has 0 atom stereocenters. The number of nitrogens with one attached hydrogen (secondary N) is 1. The van der Waals surface area contributed by atoms with Crippen molar-refractivity contribution in [2.45, 2.75) is 19.8 Å². The Morgan fingerprint density at radius 3 is 3.07 bits per heavy atom. The van der Waals surface area contributed by atoms with Crippen molar-refractivity contribution in [2.75, 3.05) is 18.5 Å². The van der Waals surface area contributed by atoms with E-state index in [0.717, 1.165) is 24.9 Å². The number of hydrogen-bond acceptors (Lipinski definition) is 4. The van der Waals surface area contributed by atoms with Crippen LogP contribution in [0.15, 0.2) is 12.4 Å². The minimum Gasteiger partial charge on any atom is -0.476 e. The molecule has 0 amide bonds. The Hall–Kier alpha value is -1.32. The van der Waals surface area contributed by atoms with Crippen LogP contribution in [0.25, 0.3) is 0 Å². The lowest BCUT2D eigenvalue weighted by molar-refractivity contribution is 0.287. The molecule has 1 aliphatic rings. The van der Waals surface area contributed by atoms with E-state index in [1.165, 1.54) is 12.8 Å². The van der Waals surface area contributed by atoms with E-state index in [-0.39, 0.29) is 0 Å². The van der Waals surface area contributed by atoms with Crippen molar-refractivity contribution in [1.82, 2.24) is 9.97 Å². The van der Waals surface area contributed by atoms with E-state index in [0.29, 0.717) is 5.88 Å². The standard InChI is InChI=1S/C10H15N3O/c1-2-12-9-5-11-6-10(13-9)14-7-8-3-4-8/h5-6,8H,2-4,7H2,1H3,(H,12,13). The van der Waals surface area contributed by atoms with Crippen molar-refractivity contribution in [1.29, 1.82) is 0 Å². The van der Waals surface area contributed by atoms with Gasteiger partial charge in [-0.15, -0.1) is 0 Å². The van der Waals surface area contributed by atoms with E-state index in [9.17, 15) is 0 Å². The summed E-state index contributed by atoms with van der Waals surface area (Å²) in [4.78, 5) is 8.32. The predicted molar refractivity (Wildman–Crippen MR) is 54.4 cm³/mol. The summed E-state index contributed by atoms with van der Waals surface area (Å²) in [5.74, 6) is 2.15. The number of nitrogens with zero attached hydrogens (tertiary/aromatic N) is 2. The predicted octanol–water partition coefficient (Wildman–Crippen LogP) is 1.70. The van der Waals surface area contributed by atoms with Crippen LogP contribution in [0.3, 0.4) is 0 Å². The number of rotatable bonds is 5. The molecule has 76 valence electrons. The lowest BCUT2D eigenvalue weighted by atomic mass is 10.5. The fourth-order valence-corrected chi connectivity index (χ4v) is 1.17. The topological polar surface area (TPSA) is 47.0 Å². The number of ether oxygens (including phenoxy) is 1. The molecule has 4 nitrogen and oxygen atoms in total. The zero-order valence-electron chi connectivity index (χ0n) is 8.36. The molecule has 1 aliphatic carbocycles. The number of anilines is 1. The van der Waals surface area contributed by atoms with Gasteiger partial charge < -0.3 is 10.1 Å². The van der Waals surface area contributed by atoms with Gasteiger partial charge in [0.25, 0.3) is 0 Å². The summed E-state index contributed by atoms with van der Waals surface area (Å²) in [6.45, 7) is 3.66. The van der Waals surface area contributed by atoms with E-state index < -0.39 is 0 Å². The van der Waals surface area contributed by atoms with Gasteiger partial charge in [-0.05, 0) is 25.7 Å². The van der Waals surface area contributed by atoms with E-state index in [2.05, 4.69) is 15.3 Å². The lowest BCUT2D eigenvalue weighted by Crippen LogP contribution is -2.04. The summed E-state index contributed by atoms with van der Waals surface area (Å²) < 4.78 is 5.50. The molecule has 0 saturated heterocycles. The fourth-order valence-electron chi connectivity index (χ4n) is 1.17. The van der Waals surface area contributed by atoms with Gasteiger partial charge in [0.05, 0.1) is 19.0 Å². The SMILES string of the molecule is CCNc1cncc(OCC2CC2)n1. The Balaban J connectivity index is 1.90. The van der Waals surface area contributed by atoms with E-state index in [4.69, 9.17) is 4.74 Å². The van der Waals surface area contributed by atoms with Gasteiger partial charge in [-0.2, -0.15) is 4.98 Å². The largest absolute Gasteiger partial charge is 0.476 e. The molecule has 1 aromatic heterocycles. The van der Waals surface area contributed by atoms with Crippen molar-refractivity contribution < 1.29 is 4.74 Å². The Morgan fingerprint density at radius 2 is 2.36 bits per heavy atom. The molecule has 0 spiro atoms. The van der Waals surface area contributed by atoms with Crippen LogP contribution in [0.4, 0.5) is 5.82 Å². The van der Waals surface area contributed by atoms with Crippen LogP contribution in [0, 0.1) is 5.92 Å². The summed E-state index contributed by atoms with van der Waals surface area (Å²) >= 11 is 0. The molecule has 1 fully saturated rings. The summed E-state index contributed by atoms with van der Waals surface area (Å²) in [7, 11) is 0. The highest BCUT2D eigenvalue weighted by atomic mass is 16.5. The summed E-state index contributed by atoms with van der Waals surface area (Å²) in [6, 6.07) is 0. The minimum atomic E-state index is 0.621. The van der Waals surface area contributed by atoms with Crippen LogP contribution >= 0.6 is 0 Å². The van der Waals surface area contributed by atoms with Gasteiger partial charge in [-0.1, -0.05) is 0 Å². The molecule has 1 saturated carbocycles. The molecule has 0 unspecified atom stereocenters. The first-order valence-electron chi connectivity index (χ1n) is 5.07. The monoisotopic (exact) mass is 193 g/mol. The van der Waals surface area contributed by atoms with Crippen molar-refractivity contribution in [3.05, 3.63) is 12.4 Å². The van der Waals surface area contributed by atoms with Crippen LogP contribution in [0.1, 0.15) is 19.8 Å². The third kappa shape index (κ3) is 2.58. The second-order valence-corrected chi connectivity index (χ2v) is 3.53. The first-order valence-corrected chi connectivity index (χ1v) is 5.07. The van der Waals surface area contributed by atoms with Gasteiger partial charge in [0.15, 0.2) is 0 Å². The normalized spacial score (nSPS) is 15.2. The average Bonchev–Trinajstić information content (AvgIpc) is 2.99. The van der Waals surface area contributed by atoms with Gasteiger partial charge in [0.1, 0.15) is 5.82 Å². The third-order valence-electron chi connectivity index (χ3n) is 2.13. The summed E-state index contributed by atoms with van der Waals surface area (Å²) in [6.07, 6.45) is 5.94. The van der Waals surface area contributed by atoms with Crippen LogP contribution in [0.2, 0.25) is 0 Å². The van der Waals surface area contributed by atoms with Gasteiger partial charge >= 0.3 is 0 Å². The quantitative estimate of drug-likeness (QED) is 0.773. The maximum Gasteiger partial charge on any atom is 0.234 e. The molecule has 0 aliphatic heterocycles. The molecule has 4 heteroatoms. The molecule has 0 bridgehead atoms. The third-order valence-corrected chi connectivity index (χ3v) is 2.13. The molecule has 1 heterocycles. The van der Waals surface area contributed by atoms with E-state index in [1.54, 1.807) is 12.4 Å². The fraction of sp³-hybridized carbons (Fsp3) is 0.600. The van der Waals surface area contributed by atoms with Crippen molar-refractivity contribution in [3.63, 3.8) is 0 Å². The molecule has 1 aromatic rings. The molecule has 1 N–H and O–H groups in total. The molecule has 14 heavy (non-hydrogen) atoms. The average molecular weight is 193 g/mol. The Kier molecular flexibility index (Phi) is 2.81. The number of hydrogen-bond donors (Lipinski definition) is 1. The van der Waals surface area contributed by atoms with Crippen LogP contribution in [-0.4, -0.2) is 23.1 Å². The first kappa shape index (κ1) is 9.24. The molecule has 0 aromatic carbocycles.